The average molecular weight is 196 g/mol. The average Bonchev–Trinajstić information content (AvgIpc) is 2.16. The van der Waals surface area contributed by atoms with Crippen molar-refractivity contribution in [1.82, 2.24) is 0 Å². The Kier molecular flexibility index (Phi) is 3.36. The van der Waals surface area contributed by atoms with E-state index in [2.05, 4.69) is 0 Å². The zero-order valence-corrected chi connectivity index (χ0v) is 9.05. The van der Waals surface area contributed by atoms with Gasteiger partial charge in [0.2, 0.25) is 0 Å². The van der Waals surface area contributed by atoms with Crippen LogP contribution in [0.15, 0.2) is 6.07 Å². The first-order valence-electron chi connectivity index (χ1n) is 4.47. The van der Waals surface area contributed by atoms with Gasteiger partial charge in [-0.1, -0.05) is 0 Å². The van der Waals surface area contributed by atoms with Crippen LogP contribution in [0.3, 0.4) is 0 Å². The number of aliphatic hydroxyl groups excluding tert-OH is 1. The SMILES string of the molecule is COc1c(C)cc(C)c(OC)c1CO. The lowest BCUT2D eigenvalue weighted by Gasteiger charge is -2.16. The standard InChI is InChI=1S/C11H16O3/c1-7-5-8(2)11(14-4)9(6-12)10(7)13-3/h5,12H,6H2,1-4H3. The fourth-order valence-electron chi connectivity index (χ4n) is 1.75. The van der Waals surface area contributed by atoms with Gasteiger partial charge in [0.05, 0.1) is 26.4 Å². The molecule has 0 aromatic heterocycles. The second-order valence-corrected chi connectivity index (χ2v) is 3.21. The topological polar surface area (TPSA) is 38.7 Å². The van der Waals surface area contributed by atoms with E-state index >= 15 is 0 Å². The lowest BCUT2D eigenvalue weighted by molar-refractivity contribution is 0.264. The summed E-state index contributed by atoms with van der Waals surface area (Å²) in [7, 11) is 3.19. The van der Waals surface area contributed by atoms with Gasteiger partial charge in [0.1, 0.15) is 11.5 Å². The highest BCUT2D eigenvalue weighted by Gasteiger charge is 2.14. The minimum Gasteiger partial charge on any atom is -0.496 e. The Labute approximate surface area is 84.3 Å². The maximum Gasteiger partial charge on any atom is 0.131 e. The summed E-state index contributed by atoms with van der Waals surface area (Å²) in [6.07, 6.45) is 0. The summed E-state index contributed by atoms with van der Waals surface area (Å²) in [5.74, 6) is 1.41. The zero-order valence-electron chi connectivity index (χ0n) is 9.05. The van der Waals surface area contributed by atoms with Crippen molar-refractivity contribution in [3.05, 3.63) is 22.8 Å². The van der Waals surface area contributed by atoms with Crippen molar-refractivity contribution in [1.29, 1.82) is 0 Å². The van der Waals surface area contributed by atoms with Gasteiger partial charge in [0, 0.05) is 0 Å². The molecule has 0 saturated heterocycles. The Bertz CT molecular complexity index is 304. The van der Waals surface area contributed by atoms with Crippen LogP contribution in [-0.2, 0) is 6.61 Å². The molecule has 14 heavy (non-hydrogen) atoms. The van der Waals surface area contributed by atoms with Crippen LogP contribution in [0.1, 0.15) is 16.7 Å². The minimum absolute atomic E-state index is 0.0745. The molecule has 0 bridgehead atoms. The van der Waals surface area contributed by atoms with E-state index in [-0.39, 0.29) is 6.61 Å². The molecule has 0 aliphatic carbocycles. The van der Waals surface area contributed by atoms with E-state index in [1.807, 2.05) is 19.9 Å². The molecule has 1 N–H and O–H groups in total. The molecule has 0 saturated carbocycles. The van der Waals surface area contributed by atoms with Crippen LogP contribution in [0.4, 0.5) is 0 Å². The summed E-state index contributed by atoms with van der Waals surface area (Å²) in [5, 5.41) is 9.25. The largest absolute Gasteiger partial charge is 0.496 e. The normalized spacial score (nSPS) is 10.1. The Morgan fingerprint density at radius 3 is 1.79 bits per heavy atom. The van der Waals surface area contributed by atoms with Crippen LogP contribution in [0.25, 0.3) is 0 Å². The Morgan fingerprint density at radius 2 is 1.50 bits per heavy atom. The second kappa shape index (κ2) is 4.33. The number of methoxy groups -OCH3 is 2. The van der Waals surface area contributed by atoms with Gasteiger partial charge in [0.15, 0.2) is 0 Å². The van der Waals surface area contributed by atoms with Gasteiger partial charge < -0.3 is 14.6 Å². The second-order valence-electron chi connectivity index (χ2n) is 3.21. The molecular formula is C11H16O3. The number of hydrogen-bond acceptors (Lipinski definition) is 3. The Hall–Kier alpha value is -1.22. The third kappa shape index (κ3) is 1.68. The van der Waals surface area contributed by atoms with E-state index in [1.165, 1.54) is 0 Å². The number of aliphatic hydroxyl groups is 1. The Balaban J connectivity index is 3.43. The van der Waals surface area contributed by atoms with Crippen molar-refractivity contribution in [2.24, 2.45) is 0 Å². The molecule has 1 aromatic rings. The van der Waals surface area contributed by atoms with Gasteiger partial charge in [-0.2, -0.15) is 0 Å². The van der Waals surface area contributed by atoms with Crippen LogP contribution in [0.5, 0.6) is 11.5 Å². The van der Waals surface area contributed by atoms with E-state index < -0.39 is 0 Å². The third-order valence-electron chi connectivity index (χ3n) is 2.26. The van der Waals surface area contributed by atoms with E-state index in [4.69, 9.17) is 9.47 Å². The predicted octanol–water partition coefficient (Wildman–Crippen LogP) is 1.81. The first-order valence-corrected chi connectivity index (χ1v) is 4.47. The quantitative estimate of drug-likeness (QED) is 0.801. The van der Waals surface area contributed by atoms with Crippen molar-refractivity contribution >= 4 is 0 Å². The van der Waals surface area contributed by atoms with Gasteiger partial charge in [-0.15, -0.1) is 0 Å². The predicted molar refractivity (Wildman–Crippen MR) is 54.9 cm³/mol. The maximum absolute atomic E-state index is 9.25. The molecule has 0 atom stereocenters. The molecule has 1 aromatic carbocycles. The van der Waals surface area contributed by atoms with Crippen LogP contribution in [0.2, 0.25) is 0 Å². The molecule has 0 heterocycles. The van der Waals surface area contributed by atoms with Crippen LogP contribution in [0, 0.1) is 13.8 Å². The van der Waals surface area contributed by atoms with Gasteiger partial charge in [-0.3, -0.25) is 0 Å². The fraction of sp³-hybridized carbons (Fsp3) is 0.455. The highest BCUT2D eigenvalue weighted by atomic mass is 16.5. The van der Waals surface area contributed by atoms with Crippen LogP contribution < -0.4 is 9.47 Å². The highest BCUT2D eigenvalue weighted by molar-refractivity contribution is 5.53. The Morgan fingerprint density at radius 1 is 1.07 bits per heavy atom. The summed E-state index contributed by atoms with van der Waals surface area (Å²) in [5.41, 5.74) is 2.73. The van der Waals surface area contributed by atoms with Crippen molar-refractivity contribution in [2.45, 2.75) is 20.5 Å². The fourth-order valence-corrected chi connectivity index (χ4v) is 1.75. The molecule has 0 radical (unpaired) electrons. The van der Waals surface area contributed by atoms with Crippen molar-refractivity contribution in [3.63, 3.8) is 0 Å². The molecule has 0 unspecified atom stereocenters. The minimum atomic E-state index is -0.0745. The zero-order chi connectivity index (χ0) is 10.7. The monoisotopic (exact) mass is 196 g/mol. The molecule has 3 heteroatoms. The summed E-state index contributed by atoms with van der Waals surface area (Å²) in [4.78, 5) is 0. The van der Waals surface area contributed by atoms with E-state index in [0.29, 0.717) is 17.1 Å². The van der Waals surface area contributed by atoms with Crippen LogP contribution >= 0.6 is 0 Å². The smallest absolute Gasteiger partial charge is 0.131 e. The summed E-state index contributed by atoms with van der Waals surface area (Å²) in [6, 6.07) is 1.98. The molecule has 0 amide bonds. The van der Waals surface area contributed by atoms with Gasteiger partial charge in [-0.25, -0.2) is 0 Å². The van der Waals surface area contributed by atoms with E-state index in [1.54, 1.807) is 14.2 Å². The summed E-state index contributed by atoms with van der Waals surface area (Å²) < 4.78 is 10.4. The van der Waals surface area contributed by atoms with Crippen molar-refractivity contribution < 1.29 is 14.6 Å². The number of rotatable bonds is 3. The first kappa shape index (κ1) is 10.9. The third-order valence-corrected chi connectivity index (χ3v) is 2.26. The van der Waals surface area contributed by atoms with Crippen LogP contribution in [-0.4, -0.2) is 19.3 Å². The molecule has 0 aliphatic rings. The number of aryl methyl sites for hydroxylation is 2. The number of ether oxygens (including phenoxy) is 2. The molecule has 0 spiro atoms. The number of benzene rings is 1. The molecule has 0 aliphatic heterocycles. The summed E-state index contributed by atoms with van der Waals surface area (Å²) >= 11 is 0. The van der Waals surface area contributed by atoms with Crippen molar-refractivity contribution in [2.75, 3.05) is 14.2 Å². The van der Waals surface area contributed by atoms with Gasteiger partial charge in [-0.05, 0) is 31.0 Å². The van der Waals surface area contributed by atoms with E-state index in [9.17, 15) is 5.11 Å². The van der Waals surface area contributed by atoms with Gasteiger partial charge in [0.25, 0.3) is 0 Å². The van der Waals surface area contributed by atoms with E-state index in [0.717, 1.165) is 11.1 Å². The highest BCUT2D eigenvalue weighted by Crippen LogP contribution is 2.34. The molecular weight excluding hydrogens is 180 g/mol. The van der Waals surface area contributed by atoms with Crippen molar-refractivity contribution in [3.8, 4) is 11.5 Å². The van der Waals surface area contributed by atoms with Gasteiger partial charge >= 0.3 is 0 Å². The summed E-state index contributed by atoms with van der Waals surface area (Å²) in [6.45, 7) is 3.82. The number of hydrogen-bond donors (Lipinski definition) is 1. The maximum atomic E-state index is 9.25. The lowest BCUT2D eigenvalue weighted by atomic mass is 10.0. The molecule has 1 rings (SSSR count). The molecule has 3 nitrogen and oxygen atoms in total. The molecule has 78 valence electrons. The molecule has 0 fully saturated rings. The lowest BCUT2D eigenvalue weighted by Crippen LogP contribution is -2.00. The first-order chi connectivity index (χ1) is 6.65.